The first kappa shape index (κ1) is 24.9. The van der Waals surface area contributed by atoms with Crippen LogP contribution in [0.15, 0.2) is 70.5 Å². The lowest BCUT2D eigenvalue weighted by molar-refractivity contribution is -0.137. The maximum atomic E-state index is 13.6. The van der Waals surface area contributed by atoms with Crippen LogP contribution in [0.2, 0.25) is 0 Å². The average molecular weight is 497 g/mol. The van der Waals surface area contributed by atoms with E-state index in [9.17, 15) is 32.7 Å². The molecule has 2 aromatic heterocycles. The van der Waals surface area contributed by atoms with Crippen LogP contribution < -0.4 is 11.2 Å². The summed E-state index contributed by atoms with van der Waals surface area (Å²) in [6, 6.07) is 9.99. The lowest BCUT2D eigenvalue weighted by atomic mass is 9.99. The number of hydrogen-bond donors (Lipinski definition) is 1. The van der Waals surface area contributed by atoms with E-state index in [1.165, 1.54) is 12.1 Å². The second-order valence-electron chi connectivity index (χ2n) is 8.43. The van der Waals surface area contributed by atoms with Gasteiger partial charge < -0.3 is 5.11 Å². The molecule has 186 valence electrons. The highest BCUT2D eigenvalue weighted by molar-refractivity contribution is 5.87. The van der Waals surface area contributed by atoms with E-state index in [1.807, 2.05) is 13.0 Å². The number of benzene rings is 2. The number of hydrogen-bond acceptors (Lipinski definition) is 4. The Morgan fingerprint density at radius 2 is 1.86 bits per heavy atom. The smallest absolute Gasteiger partial charge is 0.416 e. The third kappa shape index (κ3) is 4.53. The van der Waals surface area contributed by atoms with Gasteiger partial charge in [-0.2, -0.15) is 13.2 Å². The Labute approximate surface area is 203 Å². The fraction of sp³-hybridized carbons (Fsp3) is 0.231. The molecule has 0 aliphatic heterocycles. The number of aromatic nitrogens is 3. The van der Waals surface area contributed by atoms with E-state index in [1.54, 1.807) is 31.3 Å². The minimum absolute atomic E-state index is 0.0794. The van der Waals surface area contributed by atoms with Crippen LogP contribution in [-0.4, -0.2) is 25.2 Å². The monoisotopic (exact) mass is 497 g/mol. The molecule has 0 radical (unpaired) electrons. The molecular formula is C26H22F3N3O4. The molecule has 0 spiro atoms. The van der Waals surface area contributed by atoms with Crippen molar-refractivity contribution < 1.29 is 23.1 Å². The number of aryl methyl sites for hydroxylation is 1. The van der Waals surface area contributed by atoms with Crippen LogP contribution in [0, 0.1) is 6.92 Å². The van der Waals surface area contributed by atoms with Crippen LogP contribution in [0.3, 0.4) is 0 Å². The van der Waals surface area contributed by atoms with E-state index in [0.29, 0.717) is 11.9 Å². The van der Waals surface area contributed by atoms with Gasteiger partial charge in [0.1, 0.15) is 5.56 Å². The lowest BCUT2D eigenvalue weighted by Crippen LogP contribution is -2.44. The summed E-state index contributed by atoms with van der Waals surface area (Å²) in [7, 11) is 0. The van der Waals surface area contributed by atoms with Gasteiger partial charge in [-0.25, -0.2) is 9.59 Å². The molecule has 1 unspecified atom stereocenters. The van der Waals surface area contributed by atoms with E-state index in [2.05, 4.69) is 4.98 Å². The highest BCUT2D eigenvalue weighted by atomic mass is 19.4. The lowest BCUT2D eigenvalue weighted by Gasteiger charge is -2.22. The first-order chi connectivity index (χ1) is 17.0. The van der Waals surface area contributed by atoms with E-state index < -0.39 is 40.6 Å². The van der Waals surface area contributed by atoms with Gasteiger partial charge in [0, 0.05) is 17.8 Å². The van der Waals surface area contributed by atoms with Crippen LogP contribution in [0.1, 0.15) is 52.9 Å². The van der Waals surface area contributed by atoms with Crippen molar-refractivity contribution in [3.8, 4) is 5.69 Å². The number of aromatic carboxylic acids is 1. The predicted molar refractivity (Wildman–Crippen MR) is 128 cm³/mol. The molecule has 0 aliphatic carbocycles. The Morgan fingerprint density at radius 3 is 2.53 bits per heavy atom. The van der Waals surface area contributed by atoms with Gasteiger partial charge in [0.2, 0.25) is 0 Å². The molecule has 7 nitrogen and oxygen atoms in total. The normalized spacial score (nSPS) is 12.6. The molecule has 4 aromatic rings. The van der Waals surface area contributed by atoms with Crippen molar-refractivity contribution in [3.05, 3.63) is 104 Å². The average Bonchev–Trinajstić information content (AvgIpc) is 2.83. The predicted octanol–water partition coefficient (Wildman–Crippen LogP) is 4.96. The summed E-state index contributed by atoms with van der Waals surface area (Å²) >= 11 is 0. The van der Waals surface area contributed by atoms with Gasteiger partial charge in [-0.1, -0.05) is 31.5 Å². The van der Waals surface area contributed by atoms with Crippen LogP contribution in [-0.2, 0) is 6.18 Å². The molecule has 0 bridgehead atoms. The van der Waals surface area contributed by atoms with Gasteiger partial charge in [0.15, 0.2) is 0 Å². The van der Waals surface area contributed by atoms with Crippen molar-refractivity contribution in [1.82, 2.24) is 14.1 Å². The third-order valence-corrected chi connectivity index (χ3v) is 6.04. The topological polar surface area (TPSA) is 94.2 Å². The van der Waals surface area contributed by atoms with Gasteiger partial charge in [-0.05, 0) is 54.8 Å². The number of nitrogens with zero attached hydrogens (tertiary/aromatic N) is 3. The molecule has 0 saturated carbocycles. The molecule has 1 atom stereocenters. The first-order valence-electron chi connectivity index (χ1n) is 11.2. The summed E-state index contributed by atoms with van der Waals surface area (Å²) in [5.74, 6) is -1.56. The molecule has 36 heavy (non-hydrogen) atoms. The van der Waals surface area contributed by atoms with Crippen LogP contribution in [0.5, 0.6) is 0 Å². The molecule has 0 saturated heterocycles. The van der Waals surface area contributed by atoms with Crippen molar-refractivity contribution in [2.75, 3.05) is 0 Å². The third-order valence-electron chi connectivity index (χ3n) is 6.04. The molecule has 10 heteroatoms. The van der Waals surface area contributed by atoms with Crippen LogP contribution in [0.25, 0.3) is 16.6 Å². The number of rotatable bonds is 6. The molecule has 0 fully saturated rings. The highest BCUT2D eigenvalue weighted by Gasteiger charge is 2.32. The van der Waals surface area contributed by atoms with Gasteiger partial charge in [0.25, 0.3) is 5.56 Å². The zero-order valence-electron chi connectivity index (χ0n) is 19.4. The SMILES string of the molecule is CCCC(c1cccc(C(F)(F)F)c1)n1c(=O)c(C(=O)O)cn(-c2ccc3c(C)ccnc3c2)c1=O. The molecule has 0 aliphatic rings. The molecule has 4 rings (SSSR count). The molecular weight excluding hydrogens is 475 g/mol. The second-order valence-corrected chi connectivity index (χ2v) is 8.43. The van der Waals surface area contributed by atoms with Gasteiger partial charge in [-0.3, -0.25) is 18.9 Å². The van der Waals surface area contributed by atoms with Gasteiger partial charge >= 0.3 is 17.8 Å². The van der Waals surface area contributed by atoms with E-state index >= 15 is 0 Å². The Morgan fingerprint density at radius 1 is 1.11 bits per heavy atom. The number of halogens is 3. The zero-order chi connectivity index (χ0) is 26.2. The quantitative estimate of drug-likeness (QED) is 0.406. The van der Waals surface area contributed by atoms with Gasteiger partial charge in [0.05, 0.1) is 22.8 Å². The Balaban J connectivity index is 2.00. The van der Waals surface area contributed by atoms with Crippen molar-refractivity contribution in [1.29, 1.82) is 0 Å². The Hall–Kier alpha value is -4.21. The first-order valence-corrected chi connectivity index (χ1v) is 11.2. The fourth-order valence-corrected chi connectivity index (χ4v) is 4.25. The number of carboxylic acids is 1. The minimum atomic E-state index is -4.63. The summed E-state index contributed by atoms with van der Waals surface area (Å²) in [6.07, 6.45) is -1.54. The van der Waals surface area contributed by atoms with Crippen molar-refractivity contribution in [2.45, 2.75) is 38.9 Å². The number of carboxylic acid groups (broad SMARTS) is 1. The van der Waals surface area contributed by atoms with Crippen molar-refractivity contribution in [3.63, 3.8) is 0 Å². The number of alkyl halides is 3. The standard InChI is InChI=1S/C26H22F3N3O4/c1-3-5-22(16-6-4-7-17(12-16)26(27,28)29)32-23(33)20(24(34)35)14-31(25(32)36)18-8-9-19-15(2)10-11-30-21(19)13-18/h4,6-14,22H,3,5H2,1-2H3,(H,34,35). The summed E-state index contributed by atoms with van der Waals surface area (Å²) in [6.45, 7) is 3.64. The fourth-order valence-electron chi connectivity index (χ4n) is 4.25. The molecule has 2 aromatic carbocycles. The minimum Gasteiger partial charge on any atom is -0.477 e. The van der Waals surface area contributed by atoms with Crippen LogP contribution >= 0.6 is 0 Å². The van der Waals surface area contributed by atoms with E-state index in [4.69, 9.17) is 0 Å². The summed E-state index contributed by atoms with van der Waals surface area (Å²) < 4.78 is 41.9. The number of carbonyl (C=O) groups is 1. The largest absolute Gasteiger partial charge is 0.477 e. The Bertz CT molecular complexity index is 1590. The summed E-state index contributed by atoms with van der Waals surface area (Å²) in [4.78, 5) is 43.0. The van der Waals surface area contributed by atoms with Crippen LogP contribution in [0.4, 0.5) is 13.2 Å². The molecule has 2 heterocycles. The maximum absolute atomic E-state index is 13.6. The zero-order valence-corrected chi connectivity index (χ0v) is 19.4. The molecule has 0 amide bonds. The second kappa shape index (κ2) is 9.44. The molecule has 1 N–H and O–H groups in total. The summed E-state index contributed by atoms with van der Waals surface area (Å²) in [5.41, 5.74) is -1.72. The summed E-state index contributed by atoms with van der Waals surface area (Å²) in [5, 5.41) is 10.5. The number of fused-ring (bicyclic) bond motifs is 1. The van der Waals surface area contributed by atoms with Crippen molar-refractivity contribution in [2.24, 2.45) is 0 Å². The number of pyridine rings is 1. The van der Waals surface area contributed by atoms with Crippen molar-refractivity contribution >= 4 is 16.9 Å². The van der Waals surface area contributed by atoms with Gasteiger partial charge in [-0.15, -0.1) is 0 Å². The Kier molecular flexibility index (Phi) is 6.53. The maximum Gasteiger partial charge on any atom is 0.416 e. The van der Waals surface area contributed by atoms with E-state index in [-0.39, 0.29) is 17.7 Å². The van der Waals surface area contributed by atoms with E-state index in [0.717, 1.165) is 38.4 Å². The highest BCUT2D eigenvalue weighted by Crippen LogP contribution is 2.32.